The zero-order valence-electron chi connectivity index (χ0n) is 14.3. The Balaban J connectivity index is 1.53. The summed E-state index contributed by atoms with van der Waals surface area (Å²) in [6.45, 7) is 1.88. The van der Waals surface area contributed by atoms with Crippen LogP contribution in [0.2, 0.25) is 0 Å². The molecule has 9 heteroatoms. The number of pyridine rings is 1. The molecule has 0 amide bonds. The fourth-order valence-electron chi connectivity index (χ4n) is 3.32. The molecule has 5 aromatic rings. The van der Waals surface area contributed by atoms with E-state index in [1.807, 2.05) is 23.6 Å². The Morgan fingerprint density at radius 2 is 2.04 bits per heavy atom. The molecule has 0 saturated heterocycles. The lowest BCUT2D eigenvalue weighted by Crippen LogP contribution is -1.92. The summed E-state index contributed by atoms with van der Waals surface area (Å²) in [5, 5.41) is 9.01. The van der Waals surface area contributed by atoms with Crippen molar-refractivity contribution in [1.82, 2.24) is 34.6 Å². The second kappa shape index (κ2) is 5.19. The smallest absolute Gasteiger partial charge is 0.259 e. The van der Waals surface area contributed by atoms with Crippen molar-refractivity contribution in [1.29, 1.82) is 0 Å². The van der Waals surface area contributed by atoms with Crippen molar-refractivity contribution in [3.8, 4) is 23.0 Å². The van der Waals surface area contributed by atoms with Crippen molar-refractivity contribution >= 4 is 16.7 Å². The van der Waals surface area contributed by atoms with Crippen LogP contribution in [0, 0.1) is 6.92 Å². The Morgan fingerprint density at radius 1 is 1.11 bits per heavy atom. The normalized spacial score (nSPS) is 14.4. The molecule has 5 aromatic heterocycles. The van der Waals surface area contributed by atoms with Gasteiger partial charge in [0.15, 0.2) is 5.65 Å². The van der Waals surface area contributed by atoms with Gasteiger partial charge < -0.3 is 9.05 Å². The molecule has 9 nitrogen and oxygen atoms in total. The predicted molar refractivity (Wildman–Crippen MR) is 93.8 cm³/mol. The van der Waals surface area contributed by atoms with Crippen LogP contribution in [0.15, 0.2) is 39.9 Å². The first-order chi connectivity index (χ1) is 13.3. The van der Waals surface area contributed by atoms with Crippen LogP contribution in [0.3, 0.4) is 0 Å². The van der Waals surface area contributed by atoms with Crippen molar-refractivity contribution in [3.05, 3.63) is 42.2 Å². The van der Waals surface area contributed by atoms with Gasteiger partial charge in [-0.05, 0) is 25.8 Å². The molecule has 0 N–H and O–H groups in total. The fourth-order valence-corrected chi connectivity index (χ4v) is 3.32. The number of fused-ring (bicyclic) bond motifs is 2. The van der Waals surface area contributed by atoms with E-state index in [9.17, 15) is 0 Å². The van der Waals surface area contributed by atoms with E-state index >= 15 is 0 Å². The maximum atomic E-state index is 5.60. The Bertz CT molecular complexity index is 1310. The summed E-state index contributed by atoms with van der Waals surface area (Å²) >= 11 is 0. The standard InChI is InChI=1S/C18H13N7O2/c1-9-15-11(6-12(10-2-3-10)21-18(15)27-23-9)17-22-16(24-26-17)13-7-20-14-8-19-4-5-25(13)14/h4-8,10H,2-3H2,1H3. The van der Waals surface area contributed by atoms with Crippen LogP contribution >= 0.6 is 0 Å². The van der Waals surface area contributed by atoms with Gasteiger partial charge in [0.2, 0.25) is 5.82 Å². The highest BCUT2D eigenvalue weighted by Gasteiger charge is 2.29. The zero-order chi connectivity index (χ0) is 18.0. The summed E-state index contributed by atoms with van der Waals surface area (Å²) in [6.07, 6.45) is 9.15. The Labute approximate surface area is 152 Å². The lowest BCUT2D eigenvalue weighted by atomic mass is 10.1. The molecule has 1 saturated carbocycles. The predicted octanol–water partition coefficient (Wildman–Crippen LogP) is 3.17. The topological polar surface area (TPSA) is 108 Å². The molecule has 1 aliphatic carbocycles. The van der Waals surface area contributed by atoms with Crippen LogP contribution in [-0.2, 0) is 0 Å². The second-order valence-electron chi connectivity index (χ2n) is 6.69. The highest BCUT2D eigenvalue weighted by molar-refractivity contribution is 5.91. The van der Waals surface area contributed by atoms with Crippen LogP contribution in [-0.4, -0.2) is 34.6 Å². The number of aromatic nitrogens is 7. The van der Waals surface area contributed by atoms with Crippen molar-refractivity contribution < 1.29 is 9.05 Å². The van der Waals surface area contributed by atoms with Gasteiger partial charge in [0.1, 0.15) is 5.69 Å². The number of nitrogens with zero attached hydrogens (tertiary/aromatic N) is 7. The first-order valence-electron chi connectivity index (χ1n) is 8.66. The van der Waals surface area contributed by atoms with Crippen molar-refractivity contribution in [3.63, 3.8) is 0 Å². The van der Waals surface area contributed by atoms with E-state index in [1.54, 1.807) is 18.6 Å². The summed E-state index contributed by atoms with van der Waals surface area (Å²) in [5.74, 6) is 1.33. The molecule has 0 spiro atoms. The van der Waals surface area contributed by atoms with E-state index in [0.29, 0.717) is 23.3 Å². The van der Waals surface area contributed by atoms with Gasteiger partial charge in [0.05, 0.1) is 29.0 Å². The van der Waals surface area contributed by atoms with Gasteiger partial charge in [0.25, 0.3) is 11.6 Å². The van der Waals surface area contributed by atoms with Gasteiger partial charge in [-0.25, -0.2) is 9.97 Å². The minimum absolute atomic E-state index is 0.412. The molecule has 0 bridgehead atoms. The molecule has 27 heavy (non-hydrogen) atoms. The molecular formula is C18H13N7O2. The van der Waals surface area contributed by atoms with E-state index < -0.39 is 0 Å². The molecule has 1 fully saturated rings. The summed E-state index contributed by atoms with van der Waals surface area (Å²) < 4.78 is 12.9. The third-order valence-electron chi connectivity index (χ3n) is 4.84. The first kappa shape index (κ1) is 14.5. The molecule has 132 valence electrons. The maximum absolute atomic E-state index is 5.60. The quantitative estimate of drug-likeness (QED) is 0.483. The molecule has 0 radical (unpaired) electrons. The lowest BCUT2D eigenvalue weighted by molar-refractivity contribution is 0.432. The molecule has 0 atom stereocenters. The van der Waals surface area contributed by atoms with Crippen LogP contribution in [0.25, 0.3) is 39.7 Å². The minimum atomic E-state index is 0.412. The number of rotatable bonds is 3. The molecular weight excluding hydrogens is 346 g/mol. The minimum Gasteiger partial charge on any atom is -0.336 e. The number of hydrogen-bond donors (Lipinski definition) is 0. The summed E-state index contributed by atoms with van der Waals surface area (Å²) in [6, 6.07) is 2.01. The summed E-state index contributed by atoms with van der Waals surface area (Å²) in [7, 11) is 0. The van der Waals surface area contributed by atoms with Crippen LogP contribution in [0.1, 0.15) is 30.1 Å². The van der Waals surface area contributed by atoms with E-state index in [2.05, 4.69) is 30.2 Å². The van der Waals surface area contributed by atoms with Gasteiger partial charge in [-0.15, -0.1) is 0 Å². The van der Waals surface area contributed by atoms with Gasteiger partial charge in [0, 0.05) is 24.0 Å². The van der Waals surface area contributed by atoms with Crippen LogP contribution in [0.5, 0.6) is 0 Å². The molecule has 0 unspecified atom stereocenters. The number of imidazole rings is 1. The van der Waals surface area contributed by atoms with Crippen molar-refractivity contribution in [2.75, 3.05) is 0 Å². The highest BCUT2D eigenvalue weighted by atomic mass is 16.5. The van der Waals surface area contributed by atoms with Gasteiger partial charge in [-0.2, -0.15) is 4.98 Å². The van der Waals surface area contributed by atoms with E-state index in [-0.39, 0.29) is 0 Å². The average molecular weight is 359 g/mol. The fraction of sp³-hybridized carbons (Fsp3) is 0.222. The van der Waals surface area contributed by atoms with E-state index in [4.69, 9.17) is 9.05 Å². The van der Waals surface area contributed by atoms with Crippen LogP contribution < -0.4 is 0 Å². The number of hydrogen-bond acceptors (Lipinski definition) is 8. The van der Waals surface area contributed by atoms with Crippen molar-refractivity contribution in [2.24, 2.45) is 0 Å². The summed E-state index contributed by atoms with van der Waals surface area (Å²) in [5.41, 5.74) is 4.49. The third-order valence-corrected chi connectivity index (χ3v) is 4.84. The van der Waals surface area contributed by atoms with Gasteiger partial charge in [-0.3, -0.25) is 9.38 Å². The Hall–Kier alpha value is -3.62. The second-order valence-corrected chi connectivity index (χ2v) is 6.69. The van der Waals surface area contributed by atoms with E-state index in [1.165, 1.54) is 0 Å². The number of aryl methyl sites for hydroxylation is 1. The van der Waals surface area contributed by atoms with Crippen LogP contribution in [0.4, 0.5) is 0 Å². The highest BCUT2D eigenvalue weighted by Crippen LogP contribution is 2.42. The van der Waals surface area contributed by atoms with Gasteiger partial charge >= 0.3 is 0 Å². The zero-order valence-corrected chi connectivity index (χ0v) is 14.3. The van der Waals surface area contributed by atoms with E-state index in [0.717, 1.165) is 46.5 Å². The monoisotopic (exact) mass is 359 g/mol. The third kappa shape index (κ3) is 2.17. The maximum Gasteiger partial charge on any atom is 0.259 e. The van der Waals surface area contributed by atoms with Gasteiger partial charge in [-0.1, -0.05) is 10.3 Å². The van der Waals surface area contributed by atoms with Crippen molar-refractivity contribution in [2.45, 2.75) is 25.7 Å². The average Bonchev–Trinajstić information content (AvgIpc) is 3.11. The molecule has 0 aromatic carbocycles. The molecule has 5 heterocycles. The Kier molecular flexibility index (Phi) is 2.80. The summed E-state index contributed by atoms with van der Waals surface area (Å²) in [4.78, 5) is 17.6. The molecule has 0 aliphatic heterocycles. The Morgan fingerprint density at radius 3 is 2.93 bits per heavy atom. The lowest BCUT2D eigenvalue weighted by Gasteiger charge is -2.01. The molecule has 6 rings (SSSR count). The largest absolute Gasteiger partial charge is 0.336 e. The first-order valence-corrected chi connectivity index (χ1v) is 8.66. The molecule has 1 aliphatic rings. The SMILES string of the molecule is Cc1noc2nc(C3CC3)cc(-c3nc(-c4cnc5cnccn45)no3)c12.